The minimum absolute atomic E-state index is 0.0327. The number of carbonyl (C=O) groups is 2. The highest BCUT2D eigenvalue weighted by Gasteiger charge is 2.23. The molecule has 0 N–H and O–H groups in total. The molecule has 0 saturated carbocycles. The normalized spacial score (nSPS) is 17.8. The van der Waals surface area contributed by atoms with E-state index in [1.54, 1.807) is 12.1 Å². The number of rotatable bonds is 4. The fourth-order valence-corrected chi connectivity index (χ4v) is 2.73. The number of ether oxygens (including phenoxy) is 2. The molecule has 0 saturated heterocycles. The van der Waals surface area contributed by atoms with Gasteiger partial charge in [-0.2, -0.15) is 0 Å². The van der Waals surface area contributed by atoms with Gasteiger partial charge in [-0.25, -0.2) is 4.79 Å². The Labute approximate surface area is 143 Å². The summed E-state index contributed by atoms with van der Waals surface area (Å²) in [5.74, 6) is -0.447. The highest BCUT2D eigenvalue weighted by atomic mass is 16.6. The van der Waals surface area contributed by atoms with Gasteiger partial charge in [0.05, 0.1) is 18.1 Å². The topological polar surface area (TPSA) is 52.6 Å². The van der Waals surface area contributed by atoms with E-state index < -0.39 is 5.60 Å². The number of benzene rings is 1. The monoisotopic (exact) mass is 330 g/mol. The van der Waals surface area contributed by atoms with E-state index in [1.807, 2.05) is 39.8 Å². The van der Waals surface area contributed by atoms with E-state index in [-0.39, 0.29) is 17.9 Å². The lowest BCUT2D eigenvalue weighted by Crippen LogP contribution is -2.23. The number of hydrogen-bond acceptors (Lipinski definition) is 4. The van der Waals surface area contributed by atoms with Crippen molar-refractivity contribution in [1.29, 1.82) is 0 Å². The molecule has 0 radical (unpaired) electrons. The lowest BCUT2D eigenvalue weighted by Gasteiger charge is -2.21. The third kappa shape index (κ3) is 4.95. The minimum Gasteiger partial charge on any atom is -0.466 e. The second-order valence-corrected chi connectivity index (χ2v) is 7.03. The third-order valence-electron chi connectivity index (χ3n) is 3.92. The third-order valence-corrected chi connectivity index (χ3v) is 3.92. The second kappa shape index (κ2) is 7.65. The first-order valence-electron chi connectivity index (χ1n) is 8.49. The molecule has 0 amide bonds. The molecule has 0 aliphatic heterocycles. The molecule has 1 aromatic rings. The van der Waals surface area contributed by atoms with Crippen molar-refractivity contribution >= 4 is 17.5 Å². The van der Waals surface area contributed by atoms with Gasteiger partial charge in [0.25, 0.3) is 0 Å². The Hall–Kier alpha value is -2.10. The van der Waals surface area contributed by atoms with Crippen LogP contribution in [0.25, 0.3) is 5.57 Å². The largest absolute Gasteiger partial charge is 0.466 e. The molecule has 4 nitrogen and oxygen atoms in total. The Morgan fingerprint density at radius 2 is 1.83 bits per heavy atom. The van der Waals surface area contributed by atoms with Gasteiger partial charge in [-0.1, -0.05) is 18.2 Å². The van der Waals surface area contributed by atoms with Crippen molar-refractivity contribution in [2.45, 2.75) is 52.6 Å². The smallest absolute Gasteiger partial charge is 0.338 e. The molecule has 1 atom stereocenters. The predicted molar refractivity (Wildman–Crippen MR) is 93.6 cm³/mol. The molecule has 0 bridgehead atoms. The quantitative estimate of drug-likeness (QED) is 0.768. The molecule has 4 heteroatoms. The SMILES string of the molecule is CCOC(=O)C1CC=C(c2ccc(C(=O)OC(C)(C)C)cc2)CC1. The Bertz CT molecular complexity index is 620. The van der Waals surface area contributed by atoms with Gasteiger partial charge in [-0.05, 0) is 70.2 Å². The second-order valence-electron chi connectivity index (χ2n) is 7.03. The van der Waals surface area contributed by atoms with Crippen molar-refractivity contribution in [3.8, 4) is 0 Å². The molecule has 1 aliphatic carbocycles. The van der Waals surface area contributed by atoms with Crippen LogP contribution in [-0.2, 0) is 14.3 Å². The molecular formula is C20H26O4. The van der Waals surface area contributed by atoms with Crippen LogP contribution in [0.2, 0.25) is 0 Å². The van der Waals surface area contributed by atoms with Crippen molar-refractivity contribution in [2.75, 3.05) is 6.61 Å². The number of hydrogen-bond donors (Lipinski definition) is 0. The van der Waals surface area contributed by atoms with Crippen LogP contribution in [0.3, 0.4) is 0 Å². The summed E-state index contributed by atoms with van der Waals surface area (Å²) < 4.78 is 10.5. The van der Waals surface area contributed by atoms with E-state index in [2.05, 4.69) is 6.08 Å². The maximum absolute atomic E-state index is 12.0. The fourth-order valence-electron chi connectivity index (χ4n) is 2.73. The van der Waals surface area contributed by atoms with Crippen LogP contribution in [0, 0.1) is 5.92 Å². The predicted octanol–water partition coefficient (Wildman–Crippen LogP) is 4.39. The lowest BCUT2D eigenvalue weighted by molar-refractivity contribution is -0.148. The first kappa shape index (κ1) is 18.2. The van der Waals surface area contributed by atoms with Gasteiger partial charge in [-0.15, -0.1) is 0 Å². The minimum atomic E-state index is -0.496. The molecule has 0 spiro atoms. The highest BCUT2D eigenvalue weighted by molar-refractivity contribution is 5.90. The molecule has 0 fully saturated rings. The summed E-state index contributed by atoms with van der Waals surface area (Å²) in [4.78, 5) is 23.8. The van der Waals surface area contributed by atoms with E-state index in [1.165, 1.54) is 5.57 Å². The highest BCUT2D eigenvalue weighted by Crippen LogP contribution is 2.31. The summed E-state index contributed by atoms with van der Waals surface area (Å²) in [5.41, 5.74) is 2.36. The van der Waals surface area contributed by atoms with Gasteiger partial charge in [0.15, 0.2) is 0 Å². The van der Waals surface area contributed by atoms with Gasteiger partial charge in [0.2, 0.25) is 0 Å². The van der Waals surface area contributed by atoms with Crippen LogP contribution in [0.1, 0.15) is 62.9 Å². The van der Waals surface area contributed by atoms with E-state index in [4.69, 9.17) is 9.47 Å². The summed E-state index contributed by atoms with van der Waals surface area (Å²) in [6, 6.07) is 7.47. The van der Waals surface area contributed by atoms with Gasteiger partial charge in [0, 0.05) is 0 Å². The Balaban J connectivity index is 2.01. The van der Waals surface area contributed by atoms with Crippen molar-refractivity contribution in [3.05, 3.63) is 41.5 Å². The number of allylic oxidation sites excluding steroid dienone is 2. The Morgan fingerprint density at radius 3 is 2.33 bits per heavy atom. The molecule has 1 aromatic carbocycles. The van der Waals surface area contributed by atoms with Gasteiger partial charge < -0.3 is 9.47 Å². The summed E-state index contributed by atoms with van der Waals surface area (Å²) in [6.45, 7) is 7.82. The number of esters is 2. The Kier molecular flexibility index (Phi) is 5.81. The molecule has 24 heavy (non-hydrogen) atoms. The molecule has 1 aliphatic rings. The molecular weight excluding hydrogens is 304 g/mol. The summed E-state index contributed by atoms with van der Waals surface area (Å²) in [7, 11) is 0. The van der Waals surface area contributed by atoms with Crippen LogP contribution in [0.5, 0.6) is 0 Å². The van der Waals surface area contributed by atoms with E-state index in [0.717, 1.165) is 18.4 Å². The summed E-state index contributed by atoms with van der Waals surface area (Å²) in [6.07, 6.45) is 4.46. The summed E-state index contributed by atoms with van der Waals surface area (Å²) in [5, 5.41) is 0. The standard InChI is InChI=1S/C20H26O4/c1-5-23-18(21)16-10-6-14(7-11-16)15-8-12-17(13-9-15)19(22)24-20(2,3)4/h6,8-9,12-13,16H,5,7,10-11H2,1-4H3. The van der Waals surface area contributed by atoms with Crippen molar-refractivity contribution in [1.82, 2.24) is 0 Å². The molecule has 1 unspecified atom stereocenters. The van der Waals surface area contributed by atoms with Crippen LogP contribution in [0.4, 0.5) is 0 Å². The maximum Gasteiger partial charge on any atom is 0.338 e. The van der Waals surface area contributed by atoms with Gasteiger partial charge >= 0.3 is 11.9 Å². The van der Waals surface area contributed by atoms with Crippen molar-refractivity contribution < 1.29 is 19.1 Å². The average molecular weight is 330 g/mol. The van der Waals surface area contributed by atoms with Gasteiger partial charge in [-0.3, -0.25) is 4.79 Å². The first-order chi connectivity index (χ1) is 11.3. The van der Waals surface area contributed by atoms with Crippen LogP contribution < -0.4 is 0 Å². The van der Waals surface area contributed by atoms with Crippen LogP contribution in [-0.4, -0.2) is 24.1 Å². The zero-order valence-electron chi connectivity index (χ0n) is 14.9. The maximum atomic E-state index is 12.0. The first-order valence-corrected chi connectivity index (χ1v) is 8.49. The molecule has 0 aromatic heterocycles. The van der Waals surface area contributed by atoms with Crippen molar-refractivity contribution in [2.24, 2.45) is 5.92 Å². The zero-order chi connectivity index (χ0) is 17.7. The zero-order valence-corrected chi connectivity index (χ0v) is 14.9. The van der Waals surface area contributed by atoms with E-state index in [0.29, 0.717) is 18.6 Å². The van der Waals surface area contributed by atoms with Crippen LogP contribution in [0.15, 0.2) is 30.3 Å². The fraction of sp³-hybridized carbons (Fsp3) is 0.500. The van der Waals surface area contributed by atoms with E-state index >= 15 is 0 Å². The number of carbonyl (C=O) groups excluding carboxylic acids is 2. The Morgan fingerprint density at radius 1 is 1.17 bits per heavy atom. The van der Waals surface area contributed by atoms with Crippen molar-refractivity contribution in [3.63, 3.8) is 0 Å². The molecule has 0 heterocycles. The van der Waals surface area contributed by atoms with Crippen LogP contribution >= 0.6 is 0 Å². The molecule has 130 valence electrons. The van der Waals surface area contributed by atoms with Gasteiger partial charge in [0.1, 0.15) is 5.60 Å². The lowest BCUT2D eigenvalue weighted by atomic mass is 9.86. The molecule has 2 rings (SSSR count). The summed E-state index contributed by atoms with van der Waals surface area (Å²) >= 11 is 0. The van der Waals surface area contributed by atoms with E-state index in [9.17, 15) is 9.59 Å². The average Bonchev–Trinajstić information content (AvgIpc) is 2.54.